The highest BCUT2D eigenvalue weighted by atomic mass is 16.3. The summed E-state index contributed by atoms with van der Waals surface area (Å²) in [5, 5.41) is 18.2. The number of aryl methyl sites for hydroxylation is 1. The van der Waals surface area contributed by atoms with Gasteiger partial charge in [0.1, 0.15) is 5.75 Å². The van der Waals surface area contributed by atoms with Crippen LogP contribution in [0.25, 0.3) is 11.3 Å². The summed E-state index contributed by atoms with van der Waals surface area (Å²) >= 11 is 0. The number of hydrogen-bond donors (Lipinski definition) is 2. The van der Waals surface area contributed by atoms with Crippen LogP contribution in [0.3, 0.4) is 0 Å². The van der Waals surface area contributed by atoms with Gasteiger partial charge in [-0.1, -0.05) is 24.3 Å². The molecule has 2 N–H and O–H groups in total. The van der Waals surface area contributed by atoms with Gasteiger partial charge in [0.2, 0.25) is 0 Å². The Morgan fingerprint density at radius 3 is 2.55 bits per heavy atom. The number of aromatic nitrogens is 3. The number of nitrogens with one attached hydrogen (secondary N) is 1. The third-order valence-electron chi connectivity index (χ3n) is 10.8. The lowest BCUT2D eigenvalue weighted by Gasteiger charge is -2.35. The zero-order chi connectivity index (χ0) is 33.8. The van der Waals surface area contributed by atoms with Gasteiger partial charge in [-0.05, 0) is 117 Å². The molecule has 8 rings (SSSR count). The first-order chi connectivity index (χ1) is 23.8. The highest BCUT2D eigenvalue weighted by Crippen LogP contribution is 2.38. The summed E-state index contributed by atoms with van der Waals surface area (Å²) < 4.78 is 4.05. The molecule has 0 saturated heterocycles. The lowest BCUT2D eigenvalue weighted by Crippen LogP contribution is -2.43. The fourth-order valence-electron chi connectivity index (χ4n) is 7.88. The van der Waals surface area contributed by atoms with E-state index >= 15 is 0 Å². The van der Waals surface area contributed by atoms with Crippen molar-refractivity contribution in [2.24, 2.45) is 7.05 Å². The van der Waals surface area contributed by atoms with E-state index < -0.39 is 0 Å². The predicted molar refractivity (Wildman–Crippen MR) is 190 cm³/mol. The molecule has 0 aliphatic carbocycles. The Kier molecular flexibility index (Phi) is 7.87. The van der Waals surface area contributed by atoms with Crippen LogP contribution >= 0.6 is 0 Å². The maximum absolute atomic E-state index is 14.8. The molecule has 0 spiro atoms. The number of benzene rings is 3. The molecular formula is C40H42N6O3. The molecule has 0 unspecified atom stereocenters. The van der Waals surface area contributed by atoms with Gasteiger partial charge in [0, 0.05) is 60.9 Å². The van der Waals surface area contributed by atoms with Crippen molar-refractivity contribution in [3.8, 4) is 17.0 Å². The van der Waals surface area contributed by atoms with Crippen LogP contribution in [0.2, 0.25) is 0 Å². The number of amides is 2. The molecule has 2 amide bonds. The molecule has 1 atom stereocenters. The number of phenolic OH excluding ortho intramolecular Hbond substituents is 1. The van der Waals surface area contributed by atoms with Crippen LogP contribution in [0.1, 0.15) is 74.1 Å². The average Bonchev–Trinajstić information content (AvgIpc) is 3.68. The molecule has 0 radical (unpaired) electrons. The lowest BCUT2D eigenvalue weighted by atomic mass is 9.90. The van der Waals surface area contributed by atoms with Crippen LogP contribution < -0.4 is 10.2 Å². The fourth-order valence-corrected chi connectivity index (χ4v) is 7.88. The fraction of sp³-hybridized carbons (Fsp3) is 0.325. The van der Waals surface area contributed by atoms with Gasteiger partial charge in [0.05, 0.1) is 23.1 Å². The van der Waals surface area contributed by atoms with E-state index in [1.54, 1.807) is 35.4 Å². The Morgan fingerprint density at radius 2 is 1.73 bits per heavy atom. The van der Waals surface area contributed by atoms with Gasteiger partial charge in [-0.15, -0.1) is 0 Å². The van der Waals surface area contributed by atoms with Gasteiger partial charge >= 0.3 is 0 Å². The van der Waals surface area contributed by atoms with Crippen LogP contribution in [0.4, 0.5) is 11.4 Å². The number of phenols is 1. The largest absolute Gasteiger partial charge is 0.508 e. The van der Waals surface area contributed by atoms with E-state index in [1.807, 2.05) is 40.3 Å². The minimum absolute atomic E-state index is 0.00865. The Labute approximate surface area is 286 Å². The van der Waals surface area contributed by atoms with Crippen molar-refractivity contribution >= 4 is 23.2 Å². The van der Waals surface area contributed by atoms with Crippen LogP contribution in [0, 0.1) is 6.92 Å². The molecule has 9 nitrogen and oxygen atoms in total. The number of carbonyl (C=O) groups excluding carboxylic acids is 2. The van der Waals surface area contributed by atoms with Crippen molar-refractivity contribution in [2.75, 3.05) is 11.4 Å². The summed E-state index contributed by atoms with van der Waals surface area (Å²) in [4.78, 5) is 33.2. The van der Waals surface area contributed by atoms with E-state index in [0.717, 1.165) is 85.6 Å². The summed E-state index contributed by atoms with van der Waals surface area (Å²) in [6.07, 6.45) is 6.42. The topological polar surface area (TPSA) is 95.6 Å². The Morgan fingerprint density at radius 1 is 0.939 bits per heavy atom. The summed E-state index contributed by atoms with van der Waals surface area (Å²) in [7, 11) is 1.98. The molecule has 0 fully saturated rings. The van der Waals surface area contributed by atoms with Gasteiger partial charge in [0.15, 0.2) is 0 Å². The van der Waals surface area contributed by atoms with Gasteiger partial charge in [0.25, 0.3) is 11.8 Å². The molecular weight excluding hydrogens is 612 g/mol. The summed E-state index contributed by atoms with van der Waals surface area (Å²) in [5.41, 5.74) is 11.0. The average molecular weight is 655 g/mol. The molecule has 5 heterocycles. The highest BCUT2D eigenvalue weighted by molar-refractivity contribution is 6.13. The lowest BCUT2D eigenvalue weighted by molar-refractivity contribution is 0.0658. The van der Waals surface area contributed by atoms with Gasteiger partial charge < -0.3 is 19.9 Å². The molecule has 0 saturated carbocycles. The molecule has 5 aromatic rings. The number of fused-ring (bicyclic) bond motifs is 3. The van der Waals surface area contributed by atoms with E-state index in [9.17, 15) is 14.7 Å². The molecule has 3 aliphatic heterocycles. The van der Waals surface area contributed by atoms with Gasteiger partial charge in [-0.25, -0.2) is 0 Å². The predicted octanol–water partition coefficient (Wildman–Crippen LogP) is 6.45. The summed E-state index contributed by atoms with van der Waals surface area (Å²) in [6.45, 7) is 7.09. The number of aromatic hydroxyl groups is 1. The summed E-state index contributed by atoms with van der Waals surface area (Å²) in [5.74, 6) is -0.0327. The number of carbonyl (C=O) groups is 2. The minimum atomic E-state index is -0.178. The van der Waals surface area contributed by atoms with Gasteiger partial charge in [-0.3, -0.25) is 19.2 Å². The van der Waals surface area contributed by atoms with Crippen LogP contribution in [-0.2, 0) is 45.9 Å². The highest BCUT2D eigenvalue weighted by Gasteiger charge is 2.33. The number of hydrogen-bond acceptors (Lipinski definition) is 5. The van der Waals surface area contributed by atoms with E-state index in [1.165, 1.54) is 16.7 Å². The molecule has 0 bridgehead atoms. The second kappa shape index (κ2) is 12.4. The molecule has 3 aliphatic rings. The van der Waals surface area contributed by atoms with Crippen molar-refractivity contribution in [1.29, 1.82) is 0 Å². The monoisotopic (exact) mass is 654 g/mol. The molecule has 49 heavy (non-hydrogen) atoms. The number of anilines is 2. The second-order valence-electron chi connectivity index (χ2n) is 13.7. The third kappa shape index (κ3) is 5.42. The molecule has 250 valence electrons. The van der Waals surface area contributed by atoms with Crippen molar-refractivity contribution in [2.45, 2.75) is 71.6 Å². The van der Waals surface area contributed by atoms with E-state index in [-0.39, 0.29) is 23.6 Å². The normalized spacial score (nSPS) is 16.9. The third-order valence-corrected chi connectivity index (χ3v) is 10.8. The van der Waals surface area contributed by atoms with Crippen molar-refractivity contribution < 1.29 is 14.7 Å². The first-order valence-corrected chi connectivity index (χ1v) is 17.4. The van der Waals surface area contributed by atoms with E-state index in [2.05, 4.69) is 47.7 Å². The number of rotatable bonds is 5. The van der Waals surface area contributed by atoms with Crippen molar-refractivity contribution in [3.63, 3.8) is 0 Å². The standard InChI is InChI=1S/C40H42N6O3/c1-25-18-27-8-4-5-9-29(27)24-44(25)39(48)35-20-30-22-41-16-15-28(30)19-34(35)37-21-33(26(2)43(37)3)40(49)46(31-11-13-32(47)14-12-31)38-23-42-45-17-7-6-10-36(38)45/h4-5,8-9,11-14,19-21,23,25,41,47H,6-7,10,15-18,22,24H2,1-3H3/t25-/m1/s1. The maximum Gasteiger partial charge on any atom is 0.264 e. The second-order valence-corrected chi connectivity index (χ2v) is 13.7. The van der Waals surface area contributed by atoms with Crippen LogP contribution in [0.5, 0.6) is 5.75 Å². The summed E-state index contributed by atoms with van der Waals surface area (Å²) in [6, 6.07) is 21.4. The van der Waals surface area contributed by atoms with Crippen LogP contribution in [-0.4, -0.2) is 48.8 Å². The molecule has 2 aromatic heterocycles. The molecule has 3 aromatic carbocycles. The molecule has 9 heteroatoms. The zero-order valence-corrected chi connectivity index (χ0v) is 28.4. The SMILES string of the molecule is Cc1c(C(=O)N(c2ccc(O)cc2)c2cnn3c2CCCC3)cc(-c2cc3c(cc2C(=O)N2Cc4ccccc4C[C@H]2C)CNCC3)n1C. The minimum Gasteiger partial charge on any atom is -0.508 e. The Bertz CT molecular complexity index is 2090. The maximum atomic E-state index is 14.8. The zero-order valence-electron chi connectivity index (χ0n) is 28.4. The van der Waals surface area contributed by atoms with E-state index in [0.29, 0.717) is 23.4 Å². The van der Waals surface area contributed by atoms with Gasteiger partial charge in [-0.2, -0.15) is 5.10 Å². The van der Waals surface area contributed by atoms with Crippen molar-refractivity contribution in [3.05, 3.63) is 118 Å². The quantitative estimate of drug-likeness (QED) is 0.227. The van der Waals surface area contributed by atoms with Crippen LogP contribution in [0.15, 0.2) is 72.9 Å². The Balaban J connectivity index is 1.23. The first-order valence-electron chi connectivity index (χ1n) is 17.4. The number of nitrogens with zero attached hydrogens (tertiary/aromatic N) is 5. The Hall–Kier alpha value is -5.15. The van der Waals surface area contributed by atoms with Crippen molar-refractivity contribution in [1.82, 2.24) is 24.6 Å². The smallest absolute Gasteiger partial charge is 0.264 e. The van der Waals surface area contributed by atoms with E-state index in [4.69, 9.17) is 0 Å². The first kappa shape index (κ1) is 31.1.